The summed E-state index contributed by atoms with van der Waals surface area (Å²) < 4.78 is 47.1. The molecule has 0 saturated heterocycles. The molecule has 1 aromatic carbocycles. The van der Waals surface area contributed by atoms with Gasteiger partial charge in [-0.2, -0.15) is 13.9 Å². The molecule has 1 amide bonds. The summed E-state index contributed by atoms with van der Waals surface area (Å²) in [7, 11) is 4.11. The quantitative estimate of drug-likeness (QED) is 0.381. The Balaban J connectivity index is 2.35. The van der Waals surface area contributed by atoms with Gasteiger partial charge in [-0.1, -0.05) is 21.4 Å². The highest BCUT2D eigenvalue weighted by Gasteiger charge is 2.31. The van der Waals surface area contributed by atoms with Crippen molar-refractivity contribution in [3.8, 4) is 0 Å². The van der Waals surface area contributed by atoms with Crippen molar-refractivity contribution in [2.24, 2.45) is 17.8 Å². The number of nitrogens with two attached hydrogens (primary N) is 1. The van der Waals surface area contributed by atoms with Crippen LogP contribution in [-0.2, 0) is 17.4 Å². The summed E-state index contributed by atoms with van der Waals surface area (Å²) in [5, 5.41) is 6.29. The van der Waals surface area contributed by atoms with Gasteiger partial charge in [0.1, 0.15) is 23.2 Å². The maximum atomic E-state index is 13.7. The van der Waals surface area contributed by atoms with Gasteiger partial charge in [-0.25, -0.2) is 9.38 Å². The first-order valence-electron chi connectivity index (χ1n) is 9.26. The molecule has 0 spiro atoms. The first-order valence-corrected chi connectivity index (χ1v) is 9.83. The van der Waals surface area contributed by atoms with E-state index in [0.29, 0.717) is 11.3 Å². The van der Waals surface area contributed by atoms with E-state index in [4.69, 9.17) is 10.5 Å². The van der Waals surface area contributed by atoms with Gasteiger partial charge in [0.15, 0.2) is 0 Å². The molecule has 2 rings (SSSR count). The molecule has 0 saturated carbocycles. The number of carbonyl (C=O) groups excluding carboxylic acids is 1. The van der Waals surface area contributed by atoms with Crippen LogP contribution in [0.5, 0.6) is 0 Å². The number of nitrogens with one attached hydrogen (secondary N) is 1. The van der Waals surface area contributed by atoms with E-state index in [9.17, 15) is 18.0 Å². The second-order valence-electron chi connectivity index (χ2n) is 6.94. The first-order chi connectivity index (χ1) is 14.5. The van der Waals surface area contributed by atoms with Gasteiger partial charge in [0, 0.05) is 19.2 Å². The number of aromatic nitrogens is 2. The number of aryl methyl sites for hydroxylation is 1. The van der Waals surface area contributed by atoms with Crippen LogP contribution in [0.4, 0.5) is 13.2 Å². The third-order valence-corrected chi connectivity index (χ3v) is 4.59. The Morgan fingerprint density at radius 2 is 2.06 bits per heavy atom. The van der Waals surface area contributed by atoms with E-state index in [1.807, 2.05) is 0 Å². The molecule has 1 aromatic heterocycles. The van der Waals surface area contributed by atoms with Crippen molar-refractivity contribution < 1.29 is 22.7 Å². The topological polar surface area (TPSA) is 94.5 Å². The van der Waals surface area contributed by atoms with Crippen molar-refractivity contribution in [2.75, 3.05) is 13.7 Å². The molecule has 7 nitrogen and oxygen atoms in total. The van der Waals surface area contributed by atoms with Gasteiger partial charge in [-0.15, -0.1) is 0 Å². The third kappa shape index (κ3) is 6.15. The predicted molar refractivity (Wildman–Crippen MR) is 116 cm³/mol. The lowest BCUT2D eigenvalue weighted by Gasteiger charge is -2.19. The number of amides is 1. The van der Waals surface area contributed by atoms with Gasteiger partial charge in [-0.3, -0.25) is 9.48 Å². The fraction of sp³-hybridized carbons (Fsp3) is 0.350. The number of nitrogens with zero attached hydrogens (tertiary/aromatic N) is 3. The van der Waals surface area contributed by atoms with Crippen LogP contribution in [0.3, 0.4) is 0 Å². The molecule has 2 atom stereocenters. The Hall–Kier alpha value is -2.71. The molecule has 0 radical (unpaired) electrons. The van der Waals surface area contributed by atoms with Crippen LogP contribution >= 0.6 is 9.24 Å². The minimum Gasteiger partial charge on any atom is -0.483 e. The molecule has 2 unspecified atom stereocenters. The highest BCUT2D eigenvalue weighted by atomic mass is 31.0. The van der Waals surface area contributed by atoms with E-state index >= 15 is 0 Å². The highest BCUT2D eigenvalue weighted by Crippen LogP contribution is 2.33. The smallest absolute Gasteiger partial charge is 0.302 e. The van der Waals surface area contributed by atoms with E-state index in [-0.39, 0.29) is 18.1 Å². The van der Waals surface area contributed by atoms with Crippen molar-refractivity contribution in [1.82, 2.24) is 15.1 Å². The van der Waals surface area contributed by atoms with E-state index in [0.717, 1.165) is 16.3 Å². The number of carbonyl (C=O) groups is 1. The van der Waals surface area contributed by atoms with Gasteiger partial charge < -0.3 is 15.8 Å². The van der Waals surface area contributed by atoms with Gasteiger partial charge >= 0.3 is 5.66 Å². The predicted octanol–water partition coefficient (Wildman–Crippen LogP) is 3.04. The summed E-state index contributed by atoms with van der Waals surface area (Å²) in [6, 6.07) is 6.02. The Morgan fingerprint density at radius 1 is 1.39 bits per heavy atom. The van der Waals surface area contributed by atoms with Crippen LogP contribution in [0.2, 0.25) is 0 Å². The zero-order valence-corrected chi connectivity index (χ0v) is 18.8. The average Bonchev–Trinajstić information content (AvgIpc) is 3.09. The highest BCUT2D eigenvalue weighted by molar-refractivity contribution is 7.17. The van der Waals surface area contributed by atoms with Crippen LogP contribution in [0.25, 0.3) is 5.70 Å². The maximum Gasteiger partial charge on any atom is 0.302 e. The van der Waals surface area contributed by atoms with E-state index in [1.54, 1.807) is 26.0 Å². The van der Waals surface area contributed by atoms with Crippen LogP contribution in [0.15, 0.2) is 40.9 Å². The number of alkyl halides is 2. The first kappa shape index (κ1) is 24.6. The molecule has 0 aliphatic carbocycles. The summed E-state index contributed by atoms with van der Waals surface area (Å²) in [6.45, 7) is 3.52. The van der Waals surface area contributed by atoms with Gasteiger partial charge in [-0.05, 0) is 37.6 Å². The van der Waals surface area contributed by atoms with Crippen molar-refractivity contribution in [2.45, 2.75) is 25.6 Å². The monoisotopic (exact) mass is 455 g/mol. The number of ether oxygens (including phenoxy) is 1. The van der Waals surface area contributed by atoms with Gasteiger partial charge in [0.25, 0.3) is 5.91 Å². The molecule has 31 heavy (non-hydrogen) atoms. The largest absolute Gasteiger partial charge is 0.483 e. The van der Waals surface area contributed by atoms with E-state index in [1.165, 1.54) is 35.5 Å². The fourth-order valence-electron chi connectivity index (χ4n) is 2.77. The van der Waals surface area contributed by atoms with Crippen molar-refractivity contribution in [3.05, 3.63) is 58.7 Å². The number of rotatable bonds is 7. The molecule has 168 valence electrons. The van der Waals surface area contributed by atoms with Crippen LogP contribution in [0, 0.1) is 5.82 Å². The summed E-state index contributed by atoms with van der Waals surface area (Å²) in [5.74, 6) is -1.03. The number of benzene rings is 1. The average molecular weight is 455 g/mol. The lowest BCUT2D eigenvalue weighted by Crippen LogP contribution is -2.47. The van der Waals surface area contributed by atoms with Gasteiger partial charge in [0.2, 0.25) is 5.90 Å². The van der Waals surface area contributed by atoms with Crippen molar-refractivity contribution in [3.63, 3.8) is 0 Å². The lowest BCUT2D eigenvalue weighted by molar-refractivity contribution is 0.0934. The number of hydrogen-bond acceptors (Lipinski definition) is 5. The van der Waals surface area contributed by atoms with Crippen molar-refractivity contribution >= 4 is 26.7 Å². The molecule has 0 bridgehead atoms. The van der Waals surface area contributed by atoms with Crippen LogP contribution in [-0.4, -0.2) is 41.3 Å². The molecule has 0 aliphatic rings. The van der Waals surface area contributed by atoms with E-state index < -0.39 is 29.1 Å². The number of aliphatic imine (C=N–C) groups is 1. The lowest BCUT2D eigenvalue weighted by atomic mass is 10.1. The number of hydrogen-bond donors (Lipinski definition) is 2. The summed E-state index contributed by atoms with van der Waals surface area (Å²) in [6.07, 6.45) is 0. The molecule has 3 N–H and O–H groups in total. The minimum atomic E-state index is -3.27. The molecule has 2 aromatic rings. The third-order valence-electron chi connectivity index (χ3n) is 4.30. The fourth-order valence-corrected chi connectivity index (χ4v) is 2.91. The molecule has 11 heteroatoms. The molecule has 0 aliphatic heterocycles. The van der Waals surface area contributed by atoms with Crippen LogP contribution < -0.4 is 11.1 Å². The second-order valence-corrected chi connectivity index (χ2v) is 7.66. The van der Waals surface area contributed by atoms with Gasteiger partial charge in [0.05, 0.1) is 12.8 Å². The second kappa shape index (κ2) is 10.1. The minimum absolute atomic E-state index is 0.0788. The molecule has 0 fully saturated rings. The number of methoxy groups -OCH3 is 1. The van der Waals surface area contributed by atoms with E-state index in [2.05, 4.69) is 15.4 Å². The summed E-state index contributed by atoms with van der Waals surface area (Å²) >= 11 is 0. The maximum absolute atomic E-state index is 13.7. The standard InChI is InChI=1S/C20H25F3N5O2P/c1-11(2)17(12-6-5-7-13(21)8-12)26-19(30-4)14(10-24)25-18(29)15-9-16(20(22,23)31)27-28(15)3/h5-9,14H,10,24,31H2,1-4H3,(H,25,29)/b26-19-. The molecular weight excluding hydrogens is 430 g/mol. The molecular formula is C20H25F3N5O2P. The SMILES string of the molecule is CO/C(=N\C(=C(C)C)c1cccc(F)c1)C(CN)NC(=O)c1cc(C(F)(F)P)nn1C. The number of halogens is 3. The Kier molecular flexibility index (Phi) is 7.97. The molecule has 1 heterocycles. The van der Waals surface area contributed by atoms with Crippen LogP contribution in [0.1, 0.15) is 35.6 Å². The number of allylic oxidation sites excluding steroid dienone is 1. The zero-order valence-electron chi connectivity index (χ0n) is 17.6. The summed E-state index contributed by atoms with van der Waals surface area (Å²) in [4.78, 5) is 17.1. The Labute approximate surface area is 180 Å². The Morgan fingerprint density at radius 3 is 2.55 bits per heavy atom. The zero-order chi connectivity index (χ0) is 23.3. The Bertz CT molecular complexity index is 1010. The van der Waals surface area contributed by atoms with Crippen molar-refractivity contribution in [1.29, 1.82) is 0 Å². The summed E-state index contributed by atoms with van der Waals surface area (Å²) in [5.41, 5.74) is 3.64. The normalized spacial score (nSPS) is 13.0.